The van der Waals surface area contributed by atoms with Crippen molar-refractivity contribution in [2.24, 2.45) is 0 Å². The maximum Gasteiger partial charge on any atom is 0.337 e. The first kappa shape index (κ1) is 26.3. The Balaban J connectivity index is 1.73. The van der Waals surface area contributed by atoms with Gasteiger partial charge in [0.15, 0.2) is 0 Å². The van der Waals surface area contributed by atoms with Crippen LogP contribution in [0.2, 0.25) is 0 Å². The summed E-state index contributed by atoms with van der Waals surface area (Å²) in [6, 6.07) is 13.8. The zero-order chi connectivity index (χ0) is 26.4. The predicted octanol–water partition coefficient (Wildman–Crippen LogP) is 5.28. The number of amides is 1. The van der Waals surface area contributed by atoms with Crippen molar-refractivity contribution in [1.82, 2.24) is 14.8 Å². The molecule has 0 radical (unpaired) electrons. The lowest BCUT2D eigenvalue weighted by Crippen LogP contribution is -2.31. The molecule has 0 saturated heterocycles. The highest BCUT2D eigenvalue weighted by molar-refractivity contribution is 7.99. The van der Waals surface area contributed by atoms with Crippen LogP contribution in [0.15, 0.2) is 65.0 Å². The van der Waals surface area contributed by atoms with Crippen LogP contribution in [0.3, 0.4) is 0 Å². The van der Waals surface area contributed by atoms with Crippen LogP contribution in [0.4, 0.5) is 11.6 Å². The quantitative estimate of drug-likeness (QED) is 0.211. The molecule has 10 heteroatoms. The number of hydrogen-bond acceptors (Lipinski definition) is 8. The molecule has 0 fully saturated rings. The first-order chi connectivity index (χ1) is 18.0. The van der Waals surface area contributed by atoms with E-state index in [4.69, 9.17) is 14.6 Å². The van der Waals surface area contributed by atoms with Crippen LogP contribution >= 0.6 is 11.8 Å². The molecule has 9 nitrogen and oxygen atoms in total. The maximum absolute atomic E-state index is 13.8. The molecule has 0 bridgehead atoms. The minimum atomic E-state index is -0.560. The summed E-state index contributed by atoms with van der Waals surface area (Å²) in [7, 11) is 1.34. The maximum atomic E-state index is 13.8. The Labute approximate surface area is 220 Å². The number of nitrogens with one attached hydrogen (secondary N) is 2. The Kier molecular flexibility index (Phi) is 8.50. The summed E-state index contributed by atoms with van der Waals surface area (Å²) in [6.45, 7) is 6.36. The fraction of sp³-hybridized carbons (Fsp3) is 0.333. The van der Waals surface area contributed by atoms with E-state index in [0.29, 0.717) is 46.0 Å². The average molecular weight is 522 g/mol. The van der Waals surface area contributed by atoms with Crippen LogP contribution in [0.5, 0.6) is 5.75 Å². The van der Waals surface area contributed by atoms with Crippen LogP contribution < -0.4 is 15.4 Å². The van der Waals surface area contributed by atoms with Crippen LogP contribution in [-0.4, -0.2) is 46.1 Å². The second-order valence-electron chi connectivity index (χ2n) is 8.43. The summed E-state index contributed by atoms with van der Waals surface area (Å²) in [5, 5.41) is 11.7. The average Bonchev–Trinajstić information content (AvgIpc) is 3.31. The van der Waals surface area contributed by atoms with Gasteiger partial charge in [-0.15, -0.1) is 5.10 Å². The molecule has 2 aromatic carbocycles. The summed E-state index contributed by atoms with van der Waals surface area (Å²) >= 11 is 1.59. The molecule has 1 amide bonds. The monoisotopic (exact) mass is 521 g/mol. The molecule has 1 aromatic heterocycles. The number of para-hydroxylation sites is 2. The van der Waals surface area contributed by atoms with Crippen molar-refractivity contribution >= 4 is 35.3 Å². The molecule has 1 atom stereocenters. The Morgan fingerprint density at radius 2 is 1.89 bits per heavy atom. The number of unbranched alkanes of at least 4 members (excludes halogenated alkanes) is 1. The molecule has 2 heterocycles. The zero-order valence-electron chi connectivity index (χ0n) is 21.4. The summed E-state index contributed by atoms with van der Waals surface area (Å²) in [5.41, 5.74) is 2.94. The van der Waals surface area contributed by atoms with Gasteiger partial charge in [-0.05, 0) is 50.1 Å². The smallest absolute Gasteiger partial charge is 0.337 e. The molecule has 2 N–H and O–H groups in total. The van der Waals surface area contributed by atoms with Crippen molar-refractivity contribution in [3.05, 3.63) is 70.9 Å². The van der Waals surface area contributed by atoms with E-state index in [1.165, 1.54) is 7.11 Å². The minimum Gasteiger partial charge on any atom is -0.492 e. The SMILES string of the molecule is CCCCSc1nc2n(n1)C(c1ccc(C(=O)OC)cc1)C(C(=O)Nc1ccccc1OCC)=C(C)N2. The Hall–Kier alpha value is -3.79. The second-order valence-corrected chi connectivity index (χ2v) is 9.49. The number of carbonyl (C=O) groups excluding carboxylic acids is 2. The third-order valence-electron chi connectivity index (χ3n) is 5.89. The first-order valence-corrected chi connectivity index (χ1v) is 13.2. The van der Waals surface area contributed by atoms with Crippen molar-refractivity contribution < 1.29 is 19.1 Å². The van der Waals surface area contributed by atoms with Crippen molar-refractivity contribution in [2.75, 3.05) is 30.1 Å². The van der Waals surface area contributed by atoms with Gasteiger partial charge in [-0.1, -0.05) is 49.4 Å². The molecule has 0 saturated carbocycles. The molecule has 1 aliphatic rings. The Morgan fingerprint density at radius 3 is 2.59 bits per heavy atom. The van der Waals surface area contributed by atoms with Gasteiger partial charge in [0, 0.05) is 11.4 Å². The highest BCUT2D eigenvalue weighted by Crippen LogP contribution is 2.37. The molecule has 194 valence electrons. The summed E-state index contributed by atoms with van der Waals surface area (Å²) in [6.07, 6.45) is 2.15. The highest BCUT2D eigenvalue weighted by Gasteiger charge is 2.34. The van der Waals surface area contributed by atoms with E-state index in [2.05, 4.69) is 22.5 Å². The van der Waals surface area contributed by atoms with Crippen LogP contribution in [0.1, 0.15) is 55.6 Å². The van der Waals surface area contributed by atoms with Gasteiger partial charge in [-0.2, -0.15) is 4.98 Å². The topological polar surface area (TPSA) is 107 Å². The standard InChI is InChI=1S/C27H31N5O4S/c1-5-7-16-37-27-30-26-28-17(3)22(24(33)29-20-10-8-9-11-21(20)36-6-2)23(32(26)31-27)18-12-14-19(15-13-18)25(34)35-4/h8-15,23H,5-7,16H2,1-4H3,(H,29,33)(H,28,30,31). The number of nitrogens with zero attached hydrogens (tertiary/aromatic N) is 3. The number of ether oxygens (including phenoxy) is 2. The van der Waals surface area contributed by atoms with Crippen LogP contribution in [0, 0.1) is 0 Å². The third kappa shape index (κ3) is 5.80. The molecule has 4 rings (SSSR count). The fourth-order valence-corrected chi connectivity index (χ4v) is 4.98. The third-order valence-corrected chi connectivity index (χ3v) is 6.81. The van der Waals surface area contributed by atoms with Crippen molar-refractivity contribution in [3.8, 4) is 5.75 Å². The summed E-state index contributed by atoms with van der Waals surface area (Å²) < 4.78 is 12.3. The number of rotatable bonds is 10. The lowest BCUT2D eigenvalue weighted by Gasteiger charge is -2.29. The molecule has 1 unspecified atom stereocenters. The van der Waals surface area contributed by atoms with E-state index in [9.17, 15) is 9.59 Å². The lowest BCUT2D eigenvalue weighted by atomic mass is 9.94. The highest BCUT2D eigenvalue weighted by atomic mass is 32.2. The number of methoxy groups -OCH3 is 1. The number of carbonyl (C=O) groups is 2. The Morgan fingerprint density at radius 1 is 1.14 bits per heavy atom. The van der Waals surface area contributed by atoms with Gasteiger partial charge in [0.2, 0.25) is 11.1 Å². The first-order valence-electron chi connectivity index (χ1n) is 12.2. The zero-order valence-corrected chi connectivity index (χ0v) is 22.2. The van der Waals surface area contributed by atoms with Crippen LogP contribution in [0.25, 0.3) is 0 Å². The molecule has 37 heavy (non-hydrogen) atoms. The van der Waals surface area contributed by atoms with Crippen molar-refractivity contribution in [3.63, 3.8) is 0 Å². The molecule has 1 aliphatic heterocycles. The predicted molar refractivity (Wildman–Crippen MR) is 144 cm³/mol. The molecule has 3 aromatic rings. The van der Waals surface area contributed by atoms with E-state index in [-0.39, 0.29) is 5.91 Å². The number of thioether (sulfide) groups is 1. The fourth-order valence-electron chi connectivity index (χ4n) is 4.06. The Bertz CT molecular complexity index is 1300. The number of hydrogen-bond donors (Lipinski definition) is 2. The number of aromatic nitrogens is 3. The number of esters is 1. The van der Waals surface area contributed by atoms with Gasteiger partial charge < -0.3 is 20.1 Å². The number of anilines is 2. The van der Waals surface area contributed by atoms with Crippen molar-refractivity contribution in [1.29, 1.82) is 0 Å². The second kappa shape index (κ2) is 12.0. The number of benzene rings is 2. The molecule has 0 aliphatic carbocycles. The number of fused-ring (bicyclic) bond motifs is 1. The lowest BCUT2D eigenvalue weighted by molar-refractivity contribution is -0.113. The van der Waals surface area contributed by atoms with Gasteiger partial charge in [-0.25, -0.2) is 9.48 Å². The summed E-state index contributed by atoms with van der Waals surface area (Å²) in [4.78, 5) is 30.4. The molecule has 0 spiro atoms. The van der Waals surface area contributed by atoms with E-state index in [0.717, 1.165) is 24.2 Å². The normalized spacial score (nSPS) is 14.5. The van der Waals surface area contributed by atoms with E-state index in [1.807, 2.05) is 44.2 Å². The van der Waals surface area contributed by atoms with Gasteiger partial charge in [0.25, 0.3) is 5.91 Å². The minimum absolute atomic E-state index is 0.291. The van der Waals surface area contributed by atoms with Gasteiger partial charge >= 0.3 is 5.97 Å². The van der Waals surface area contributed by atoms with E-state index < -0.39 is 12.0 Å². The van der Waals surface area contributed by atoms with Crippen molar-refractivity contribution in [2.45, 2.75) is 44.8 Å². The summed E-state index contributed by atoms with van der Waals surface area (Å²) in [5.74, 6) is 1.35. The van der Waals surface area contributed by atoms with Gasteiger partial charge in [0.1, 0.15) is 11.8 Å². The van der Waals surface area contributed by atoms with E-state index in [1.54, 1.807) is 34.6 Å². The van der Waals surface area contributed by atoms with E-state index >= 15 is 0 Å². The van der Waals surface area contributed by atoms with Gasteiger partial charge in [0.05, 0.1) is 30.5 Å². The van der Waals surface area contributed by atoms with Crippen LogP contribution in [-0.2, 0) is 9.53 Å². The number of allylic oxidation sites excluding steroid dienone is 1. The largest absolute Gasteiger partial charge is 0.492 e. The van der Waals surface area contributed by atoms with Gasteiger partial charge in [-0.3, -0.25) is 4.79 Å². The molecular formula is C27H31N5O4S. The molecular weight excluding hydrogens is 490 g/mol.